The zero-order chi connectivity index (χ0) is 12.6. The Kier molecular flexibility index (Phi) is 3.11. The summed E-state index contributed by atoms with van der Waals surface area (Å²) in [4.78, 5) is 22.9. The summed E-state index contributed by atoms with van der Waals surface area (Å²) in [7, 11) is 0. The summed E-state index contributed by atoms with van der Waals surface area (Å²) in [6, 6.07) is 0. The fourth-order valence-electron chi connectivity index (χ4n) is 3.31. The van der Waals surface area contributed by atoms with Gasteiger partial charge in [-0.25, -0.2) is 0 Å². The van der Waals surface area contributed by atoms with E-state index >= 15 is 0 Å². The zero-order valence-corrected chi connectivity index (χ0v) is 10.8. The molecule has 0 spiro atoms. The van der Waals surface area contributed by atoms with E-state index in [4.69, 9.17) is 4.74 Å². The molecule has 0 unspecified atom stereocenters. The van der Waals surface area contributed by atoms with Crippen molar-refractivity contribution in [2.24, 2.45) is 5.41 Å². The predicted octanol–water partition coefficient (Wildman–Crippen LogP) is 2.79. The van der Waals surface area contributed by atoms with Crippen LogP contribution in [0.15, 0.2) is 11.1 Å². The first-order chi connectivity index (χ1) is 7.95. The summed E-state index contributed by atoms with van der Waals surface area (Å²) in [5.41, 5.74) is 2.03. The summed E-state index contributed by atoms with van der Waals surface area (Å²) in [6.07, 6.45) is 4.26. The first-order valence-corrected chi connectivity index (χ1v) is 6.36. The molecule has 1 saturated carbocycles. The molecule has 0 bridgehead atoms. The van der Waals surface area contributed by atoms with Gasteiger partial charge in [0.15, 0.2) is 5.78 Å². The van der Waals surface area contributed by atoms with Crippen molar-refractivity contribution in [3.63, 3.8) is 0 Å². The van der Waals surface area contributed by atoms with E-state index in [1.165, 1.54) is 12.5 Å². The van der Waals surface area contributed by atoms with Crippen LogP contribution >= 0.6 is 0 Å². The molecule has 0 aromatic heterocycles. The third-order valence-electron chi connectivity index (χ3n) is 4.34. The van der Waals surface area contributed by atoms with Crippen molar-refractivity contribution in [1.82, 2.24) is 0 Å². The molecule has 2 aliphatic carbocycles. The minimum absolute atomic E-state index is 0.0493. The van der Waals surface area contributed by atoms with E-state index in [9.17, 15) is 9.59 Å². The van der Waals surface area contributed by atoms with Crippen molar-refractivity contribution in [3.8, 4) is 0 Å². The first-order valence-electron chi connectivity index (χ1n) is 6.36. The fraction of sp³-hybridized carbons (Fsp3) is 0.714. The number of Topliss-reactive ketones (excluding diaryl/α,β-unsaturated/α-hetero) is 1. The lowest BCUT2D eigenvalue weighted by Crippen LogP contribution is -2.43. The molecular weight excluding hydrogens is 216 g/mol. The maximum absolute atomic E-state index is 11.8. The predicted molar refractivity (Wildman–Crippen MR) is 64.5 cm³/mol. The average molecular weight is 236 g/mol. The highest BCUT2D eigenvalue weighted by Crippen LogP contribution is 2.49. The molecule has 3 nitrogen and oxygen atoms in total. The second-order valence-electron chi connectivity index (χ2n) is 5.43. The monoisotopic (exact) mass is 236 g/mol. The Labute approximate surface area is 102 Å². The van der Waals surface area contributed by atoms with Gasteiger partial charge in [-0.2, -0.15) is 0 Å². The van der Waals surface area contributed by atoms with Gasteiger partial charge in [-0.15, -0.1) is 0 Å². The smallest absolute Gasteiger partial charge is 0.302 e. The zero-order valence-electron chi connectivity index (χ0n) is 10.8. The second-order valence-corrected chi connectivity index (χ2v) is 5.43. The Hall–Kier alpha value is -1.12. The molecule has 1 fully saturated rings. The molecule has 2 aliphatic rings. The highest BCUT2D eigenvalue weighted by atomic mass is 16.5. The van der Waals surface area contributed by atoms with Gasteiger partial charge in [-0.05, 0) is 38.2 Å². The molecule has 17 heavy (non-hydrogen) atoms. The molecule has 0 heterocycles. The molecule has 0 radical (unpaired) electrons. The van der Waals surface area contributed by atoms with E-state index in [-0.39, 0.29) is 23.3 Å². The molecule has 0 aromatic carbocycles. The van der Waals surface area contributed by atoms with Crippen molar-refractivity contribution in [2.45, 2.75) is 59.0 Å². The van der Waals surface area contributed by atoms with E-state index in [0.717, 1.165) is 31.3 Å². The molecule has 0 N–H and O–H groups in total. The molecule has 0 aliphatic heterocycles. The highest BCUT2D eigenvalue weighted by molar-refractivity contribution is 5.96. The number of ether oxygens (including phenoxy) is 1. The highest BCUT2D eigenvalue weighted by Gasteiger charge is 2.45. The van der Waals surface area contributed by atoms with Gasteiger partial charge in [0, 0.05) is 18.8 Å². The number of hydrogen-bond acceptors (Lipinski definition) is 3. The van der Waals surface area contributed by atoms with Crippen LogP contribution in [0.2, 0.25) is 0 Å². The normalized spacial score (nSPS) is 33.4. The van der Waals surface area contributed by atoms with Crippen LogP contribution in [-0.2, 0) is 14.3 Å². The largest absolute Gasteiger partial charge is 0.462 e. The molecule has 0 amide bonds. The topological polar surface area (TPSA) is 43.4 Å². The van der Waals surface area contributed by atoms with Gasteiger partial charge in [-0.1, -0.05) is 12.5 Å². The molecule has 3 heteroatoms. The number of hydrogen-bond donors (Lipinski definition) is 0. The SMILES string of the molecule is CC(=O)O[C@@H]1CCCC2=C(C)C(=O)CC[C@]21C. The van der Waals surface area contributed by atoms with Crippen molar-refractivity contribution < 1.29 is 14.3 Å². The lowest BCUT2D eigenvalue weighted by molar-refractivity contribution is -0.154. The summed E-state index contributed by atoms with van der Waals surface area (Å²) < 4.78 is 5.46. The fourth-order valence-corrected chi connectivity index (χ4v) is 3.31. The molecule has 2 rings (SSSR count). The van der Waals surface area contributed by atoms with Crippen molar-refractivity contribution >= 4 is 11.8 Å². The van der Waals surface area contributed by atoms with Crippen molar-refractivity contribution in [3.05, 3.63) is 11.1 Å². The quantitative estimate of drug-likeness (QED) is 0.657. The standard InChI is InChI=1S/C14H20O3/c1-9-11-5-4-6-13(17-10(2)15)14(11,3)8-7-12(9)16/h13H,4-8H2,1-3H3/t13-,14-/m1/s1. The van der Waals surface area contributed by atoms with Crippen LogP contribution in [0.5, 0.6) is 0 Å². The third kappa shape index (κ3) is 2.03. The van der Waals surface area contributed by atoms with Crippen LogP contribution < -0.4 is 0 Å². The van der Waals surface area contributed by atoms with Gasteiger partial charge in [0.05, 0.1) is 0 Å². The maximum Gasteiger partial charge on any atom is 0.302 e. The Morgan fingerprint density at radius 3 is 2.76 bits per heavy atom. The van der Waals surface area contributed by atoms with Crippen LogP contribution in [0.25, 0.3) is 0 Å². The minimum Gasteiger partial charge on any atom is -0.462 e. The van der Waals surface area contributed by atoms with Crippen LogP contribution in [-0.4, -0.2) is 17.9 Å². The first kappa shape index (κ1) is 12.3. The van der Waals surface area contributed by atoms with E-state index in [2.05, 4.69) is 6.92 Å². The van der Waals surface area contributed by atoms with Gasteiger partial charge in [0.2, 0.25) is 0 Å². The van der Waals surface area contributed by atoms with E-state index in [1.54, 1.807) is 0 Å². The molecule has 94 valence electrons. The number of esters is 1. The van der Waals surface area contributed by atoms with E-state index < -0.39 is 0 Å². The summed E-state index contributed by atoms with van der Waals surface area (Å²) >= 11 is 0. The van der Waals surface area contributed by atoms with Gasteiger partial charge in [-0.3, -0.25) is 9.59 Å². The van der Waals surface area contributed by atoms with E-state index in [0.29, 0.717) is 6.42 Å². The Balaban J connectivity index is 2.35. The van der Waals surface area contributed by atoms with Crippen LogP contribution in [0.1, 0.15) is 52.9 Å². The van der Waals surface area contributed by atoms with Crippen LogP contribution in [0, 0.1) is 5.41 Å². The number of ketones is 1. The number of rotatable bonds is 1. The third-order valence-corrected chi connectivity index (χ3v) is 4.34. The lowest BCUT2D eigenvalue weighted by atomic mass is 9.62. The number of allylic oxidation sites excluding steroid dienone is 1. The summed E-state index contributed by atoms with van der Waals surface area (Å²) in [6.45, 7) is 5.53. The molecular formula is C14H20O3. The Morgan fingerprint density at radius 1 is 1.41 bits per heavy atom. The van der Waals surface area contributed by atoms with Gasteiger partial charge >= 0.3 is 5.97 Å². The maximum atomic E-state index is 11.8. The van der Waals surface area contributed by atoms with Crippen LogP contribution in [0.3, 0.4) is 0 Å². The Bertz CT molecular complexity index is 394. The van der Waals surface area contributed by atoms with Gasteiger partial charge < -0.3 is 4.74 Å². The van der Waals surface area contributed by atoms with E-state index in [1.807, 2.05) is 6.92 Å². The second kappa shape index (κ2) is 4.28. The molecule has 0 aromatic rings. The van der Waals surface area contributed by atoms with Crippen molar-refractivity contribution in [1.29, 1.82) is 0 Å². The minimum atomic E-state index is -0.216. The van der Waals surface area contributed by atoms with Crippen molar-refractivity contribution in [2.75, 3.05) is 0 Å². The average Bonchev–Trinajstić information content (AvgIpc) is 2.26. The van der Waals surface area contributed by atoms with Crippen LogP contribution in [0.4, 0.5) is 0 Å². The molecule has 2 atom stereocenters. The number of carbonyl (C=O) groups excluding carboxylic acids is 2. The lowest BCUT2D eigenvalue weighted by Gasteiger charge is -2.45. The van der Waals surface area contributed by atoms with Gasteiger partial charge in [0.25, 0.3) is 0 Å². The number of fused-ring (bicyclic) bond motifs is 1. The summed E-state index contributed by atoms with van der Waals surface area (Å²) in [5.74, 6) is 0.0491. The summed E-state index contributed by atoms with van der Waals surface area (Å²) in [5, 5.41) is 0. The number of carbonyl (C=O) groups is 2. The Morgan fingerprint density at radius 2 is 2.12 bits per heavy atom. The molecule has 0 saturated heterocycles. The van der Waals surface area contributed by atoms with Gasteiger partial charge in [0.1, 0.15) is 6.10 Å².